The van der Waals surface area contributed by atoms with E-state index in [2.05, 4.69) is 0 Å². The summed E-state index contributed by atoms with van der Waals surface area (Å²) in [7, 11) is 0. The van der Waals surface area contributed by atoms with Crippen molar-refractivity contribution in [2.45, 2.75) is 36.9 Å². The summed E-state index contributed by atoms with van der Waals surface area (Å²) in [5, 5.41) is 89.2. The molecule has 0 heterocycles. The third kappa shape index (κ3) is 15.4. The zero-order valence-electron chi connectivity index (χ0n) is 14.0. The fraction of sp³-hybridized carbons (Fsp3) is 0.500. The average molecular weight is 434 g/mol. The molecule has 0 saturated carbocycles. The van der Waals surface area contributed by atoms with Crippen LogP contribution < -0.4 is 0 Å². The Morgan fingerprint density at radius 2 is 0.655 bits per heavy atom. The molecule has 29 heavy (non-hydrogen) atoms. The van der Waals surface area contributed by atoms with Crippen LogP contribution in [0.4, 0.5) is 0 Å². The van der Waals surface area contributed by atoms with Crippen molar-refractivity contribution in [3.05, 3.63) is 0 Å². The lowest BCUT2D eigenvalue weighted by Gasteiger charge is -2.07. The molecule has 0 spiro atoms. The van der Waals surface area contributed by atoms with Gasteiger partial charge in [-0.05, 0) is 0 Å². The van der Waals surface area contributed by atoms with E-state index in [-0.39, 0.29) is 0 Å². The number of aliphatic carboxylic acids is 6. The first kappa shape index (κ1) is 30.4. The molecule has 0 radical (unpaired) electrons. The zero-order chi connectivity index (χ0) is 24.1. The maximum absolute atomic E-state index is 9.77. The molecular weight excluding hydrogens is 416 g/mol. The van der Waals surface area contributed by atoms with E-state index in [1.165, 1.54) is 0 Å². The lowest BCUT2D eigenvalue weighted by molar-refractivity contribution is -0.165. The third-order valence-electron chi connectivity index (χ3n) is 2.26. The molecule has 0 aromatic rings. The molecule has 0 aromatic heterocycles. The topological polar surface area (TPSA) is 325 Å². The fourth-order valence-electron chi connectivity index (χ4n) is 0.793. The number of aliphatic hydroxyl groups excluding tert-OH is 5. The van der Waals surface area contributed by atoms with Crippen LogP contribution in [0.5, 0.6) is 0 Å². The molecule has 0 amide bonds. The molecule has 5 atom stereocenters. The van der Waals surface area contributed by atoms with Crippen LogP contribution in [0.3, 0.4) is 0 Å². The Bertz CT molecular complexity index is 525. The minimum Gasteiger partial charge on any atom is -0.481 e. The third-order valence-corrected chi connectivity index (χ3v) is 2.26. The molecule has 0 aromatic carbocycles. The summed E-state index contributed by atoms with van der Waals surface area (Å²) >= 11 is 0. The van der Waals surface area contributed by atoms with Crippen LogP contribution in [0.25, 0.3) is 0 Å². The standard InChI is InChI=1S/2C4H6O6.C4H6O5/c2*5-1(3(7)8)2(6)4(9)10;5-2(4(8)9)1-3(6)7/h2*1-2,5-6H,(H,7,8)(H,9,10);2,5H,1H2,(H,6,7)(H,8,9). The number of aliphatic hydroxyl groups is 5. The molecule has 0 aliphatic carbocycles. The summed E-state index contributed by atoms with van der Waals surface area (Å²) in [4.78, 5) is 58.5. The van der Waals surface area contributed by atoms with Gasteiger partial charge in [0.05, 0.1) is 6.42 Å². The van der Waals surface area contributed by atoms with Crippen molar-refractivity contribution in [1.29, 1.82) is 0 Å². The van der Waals surface area contributed by atoms with Crippen LogP contribution in [0.2, 0.25) is 0 Å². The van der Waals surface area contributed by atoms with E-state index in [0.717, 1.165) is 0 Å². The first-order valence-corrected chi connectivity index (χ1v) is 6.73. The van der Waals surface area contributed by atoms with Crippen LogP contribution in [0.1, 0.15) is 6.42 Å². The Balaban J connectivity index is -0.000000350. The van der Waals surface area contributed by atoms with E-state index in [1.807, 2.05) is 0 Å². The Morgan fingerprint density at radius 3 is 0.724 bits per heavy atom. The van der Waals surface area contributed by atoms with Crippen molar-refractivity contribution in [3.63, 3.8) is 0 Å². The van der Waals surface area contributed by atoms with Gasteiger partial charge < -0.3 is 56.2 Å². The van der Waals surface area contributed by atoms with Crippen molar-refractivity contribution in [1.82, 2.24) is 0 Å². The van der Waals surface area contributed by atoms with Crippen LogP contribution in [0, 0.1) is 0 Å². The number of hydrogen-bond donors (Lipinski definition) is 11. The smallest absolute Gasteiger partial charge is 0.335 e. The molecule has 168 valence electrons. The summed E-state index contributed by atoms with van der Waals surface area (Å²) in [5.74, 6) is -9.92. The second-order valence-corrected chi connectivity index (χ2v) is 4.58. The first-order valence-electron chi connectivity index (χ1n) is 6.73. The normalized spacial score (nSPS) is 14.8. The summed E-state index contributed by atoms with van der Waals surface area (Å²) < 4.78 is 0. The van der Waals surface area contributed by atoms with Crippen molar-refractivity contribution >= 4 is 35.8 Å². The number of carbonyl (C=O) groups is 6. The Kier molecular flexibility index (Phi) is 15.3. The predicted octanol–water partition coefficient (Wildman–Crippen LogP) is -5.34. The van der Waals surface area contributed by atoms with Gasteiger partial charge in [0.2, 0.25) is 0 Å². The first-order chi connectivity index (χ1) is 13.0. The van der Waals surface area contributed by atoms with Gasteiger partial charge in [-0.2, -0.15) is 0 Å². The molecular formula is C12H18O17. The highest BCUT2D eigenvalue weighted by Gasteiger charge is 2.30. The van der Waals surface area contributed by atoms with Crippen molar-refractivity contribution in [3.8, 4) is 0 Å². The van der Waals surface area contributed by atoms with Gasteiger partial charge in [-0.15, -0.1) is 0 Å². The SMILES string of the molecule is O=C(O)C(O)C(O)C(=O)O.O=C(O)C(O)C(O)C(=O)O.O=C(O)CC(O)C(=O)O. The highest BCUT2D eigenvalue weighted by molar-refractivity contribution is 5.83. The molecule has 0 aliphatic rings. The maximum atomic E-state index is 9.77. The minimum atomic E-state index is -2.27. The van der Waals surface area contributed by atoms with Crippen LogP contribution in [-0.4, -0.2) is 123 Å². The Hall–Kier alpha value is -3.38. The van der Waals surface area contributed by atoms with E-state index < -0.39 is 72.8 Å². The van der Waals surface area contributed by atoms with Crippen molar-refractivity contribution in [2.24, 2.45) is 0 Å². The Labute approximate surface area is 158 Å². The second kappa shape index (κ2) is 14.6. The molecule has 0 fully saturated rings. The monoisotopic (exact) mass is 434 g/mol. The highest BCUT2D eigenvalue weighted by atomic mass is 16.4. The summed E-state index contributed by atoms with van der Waals surface area (Å²) in [6, 6.07) is 0. The quantitative estimate of drug-likeness (QED) is 0.161. The van der Waals surface area contributed by atoms with Gasteiger partial charge in [0, 0.05) is 0 Å². The number of carboxylic acids is 6. The lowest BCUT2D eigenvalue weighted by Crippen LogP contribution is -2.39. The van der Waals surface area contributed by atoms with E-state index in [4.69, 9.17) is 56.2 Å². The number of carboxylic acid groups (broad SMARTS) is 6. The summed E-state index contributed by atoms with van der Waals surface area (Å²) in [6.07, 6.45) is -11.6. The van der Waals surface area contributed by atoms with E-state index in [9.17, 15) is 28.8 Å². The van der Waals surface area contributed by atoms with E-state index in [0.29, 0.717) is 0 Å². The molecule has 0 rings (SSSR count). The van der Waals surface area contributed by atoms with Gasteiger partial charge in [-0.3, -0.25) is 4.79 Å². The van der Waals surface area contributed by atoms with Crippen LogP contribution in [0.15, 0.2) is 0 Å². The van der Waals surface area contributed by atoms with Gasteiger partial charge in [-0.1, -0.05) is 0 Å². The molecule has 0 saturated heterocycles. The van der Waals surface area contributed by atoms with Gasteiger partial charge >= 0.3 is 35.8 Å². The van der Waals surface area contributed by atoms with Gasteiger partial charge in [0.25, 0.3) is 0 Å². The molecule has 17 heteroatoms. The van der Waals surface area contributed by atoms with Gasteiger partial charge in [0.1, 0.15) is 0 Å². The van der Waals surface area contributed by atoms with Crippen molar-refractivity contribution < 1.29 is 84.9 Å². The molecule has 17 nitrogen and oxygen atoms in total. The number of rotatable bonds is 9. The summed E-state index contributed by atoms with van der Waals surface area (Å²) in [6.45, 7) is 0. The molecule has 5 unspecified atom stereocenters. The minimum absolute atomic E-state index is 0.755. The van der Waals surface area contributed by atoms with E-state index >= 15 is 0 Å². The molecule has 0 aliphatic heterocycles. The van der Waals surface area contributed by atoms with Crippen LogP contribution in [-0.2, 0) is 28.8 Å². The van der Waals surface area contributed by atoms with Crippen LogP contribution >= 0.6 is 0 Å². The summed E-state index contributed by atoms with van der Waals surface area (Å²) in [5.41, 5.74) is 0. The zero-order valence-corrected chi connectivity index (χ0v) is 14.0. The van der Waals surface area contributed by atoms with Gasteiger partial charge in [-0.25, -0.2) is 24.0 Å². The highest BCUT2D eigenvalue weighted by Crippen LogP contribution is 1.93. The average Bonchev–Trinajstić information content (AvgIpc) is 2.58. The Morgan fingerprint density at radius 1 is 0.448 bits per heavy atom. The number of hydrogen-bond acceptors (Lipinski definition) is 11. The van der Waals surface area contributed by atoms with E-state index in [1.54, 1.807) is 0 Å². The van der Waals surface area contributed by atoms with Crippen molar-refractivity contribution in [2.75, 3.05) is 0 Å². The lowest BCUT2D eigenvalue weighted by atomic mass is 10.2. The predicted molar refractivity (Wildman–Crippen MR) is 80.5 cm³/mol. The molecule has 11 N–H and O–H groups in total. The maximum Gasteiger partial charge on any atom is 0.335 e. The second-order valence-electron chi connectivity index (χ2n) is 4.58. The molecule has 0 bridgehead atoms. The van der Waals surface area contributed by atoms with Gasteiger partial charge in [0.15, 0.2) is 30.5 Å². The fourth-order valence-corrected chi connectivity index (χ4v) is 0.793. The largest absolute Gasteiger partial charge is 0.481 e.